The maximum absolute atomic E-state index is 13.1. The van der Waals surface area contributed by atoms with Gasteiger partial charge in [0.1, 0.15) is 11.7 Å². The van der Waals surface area contributed by atoms with Gasteiger partial charge in [-0.3, -0.25) is 49.1 Å². The van der Waals surface area contributed by atoms with E-state index >= 15 is 0 Å². The highest BCUT2D eigenvalue weighted by Crippen LogP contribution is 2.32. The van der Waals surface area contributed by atoms with Crippen LogP contribution in [-0.4, -0.2) is 62.8 Å². The fraction of sp³-hybridized carbons (Fsp3) is 0.233. The van der Waals surface area contributed by atoms with E-state index in [9.17, 15) is 38.9 Å². The Morgan fingerprint density at radius 2 is 1.53 bits per heavy atom. The number of carbonyl (C=O) groups excluding carboxylic acids is 6. The molecule has 2 aliphatic rings. The second-order valence-corrected chi connectivity index (χ2v) is 14.0. The molecule has 0 saturated carbocycles. The van der Waals surface area contributed by atoms with E-state index < -0.39 is 34.6 Å². The minimum absolute atomic E-state index is 0.0163. The molecule has 7 rings (SSSR count). The number of carbonyl (C=O) groups is 6. The maximum Gasteiger partial charge on any atom is 0.269 e. The number of aromatic nitrogens is 1. The third kappa shape index (κ3) is 8.73. The highest BCUT2D eigenvalue weighted by molar-refractivity contribution is 6.23. The van der Waals surface area contributed by atoms with E-state index in [1.807, 2.05) is 24.3 Å². The van der Waals surface area contributed by atoms with Gasteiger partial charge >= 0.3 is 0 Å². The molecule has 2 aromatic heterocycles. The molecule has 0 bridgehead atoms. The summed E-state index contributed by atoms with van der Waals surface area (Å²) in [6, 6.07) is 24.4. The van der Waals surface area contributed by atoms with Crippen LogP contribution in [0.5, 0.6) is 0 Å². The molecule has 0 aliphatic carbocycles. The minimum atomic E-state index is -1.04. The summed E-state index contributed by atoms with van der Waals surface area (Å²) >= 11 is 0. The Balaban J connectivity index is 0.837. The predicted molar refractivity (Wildman–Crippen MR) is 210 cm³/mol. The predicted octanol–water partition coefficient (Wildman–Crippen LogP) is 5.98. The van der Waals surface area contributed by atoms with Crippen molar-refractivity contribution in [2.75, 3.05) is 6.54 Å². The van der Waals surface area contributed by atoms with Crippen LogP contribution in [0.4, 0.5) is 5.69 Å². The van der Waals surface area contributed by atoms with Crippen LogP contribution in [0, 0.1) is 10.1 Å². The average Bonchev–Trinajstić information content (AvgIpc) is 3.86. The molecule has 1 atom stereocenters. The van der Waals surface area contributed by atoms with Gasteiger partial charge in [-0.2, -0.15) is 0 Å². The lowest BCUT2D eigenvalue weighted by Crippen LogP contribution is -2.54. The van der Waals surface area contributed by atoms with Crippen molar-refractivity contribution in [3.63, 3.8) is 0 Å². The Morgan fingerprint density at radius 3 is 2.26 bits per heavy atom. The molecule has 58 heavy (non-hydrogen) atoms. The Kier molecular flexibility index (Phi) is 11.6. The number of hydrogen-bond acceptors (Lipinski definition) is 10. The molecule has 1 saturated heterocycles. The Bertz CT molecular complexity index is 2410. The number of hydrogen-bond donors (Lipinski definition) is 3. The van der Waals surface area contributed by atoms with Crippen molar-refractivity contribution in [1.82, 2.24) is 25.8 Å². The zero-order valence-electron chi connectivity index (χ0n) is 31.2. The van der Waals surface area contributed by atoms with Gasteiger partial charge in [0.25, 0.3) is 23.4 Å². The van der Waals surface area contributed by atoms with Crippen molar-refractivity contribution in [3.05, 3.63) is 130 Å². The quantitative estimate of drug-likeness (QED) is 0.0489. The molecule has 2 aliphatic heterocycles. The maximum atomic E-state index is 13.1. The normalized spacial score (nSPS) is 14.9. The van der Waals surface area contributed by atoms with Crippen molar-refractivity contribution in [2.24, 2.45) is 0 Å². The lowest BCUT2D eigenvalue weighted by Gasteiger charge is -2.27. The number of amides is 6. The highest BCUT2D eigenvalue weighted by Gasteiger charge is 2.44. The van der Waals surface area contributed by atoms with Gasteiger partial charge in [0.05, 0.1) is 28.0 Å². The average molecular weight is 783 g/mol. The number of non-ortho nitro benzene ring substituents is 1. The van der Waals surface area contributed by atoms with E-state index in [1.165, 1.54) is 18.2 Å². The van der Waals surface area contributed by atoms with Crippen LogP contribution < -0.4 is 16.0 Å². The fourth-order valence-electron chi connectivity index (χ4n) is 6.95. The number of furan rings is 1. The topological polar surface area (TPSA) is 211 Å². The third-order valence-corrected chi connectivity index (χ3v) is 10.1. The van der Waals surface area contributed by atoms with Crippen molar-refractivity contribution in [3.8, 4) is 33.8 Å². The van der Waals surface area contributed by atoms with Crippen LogP contribution in [0.15, 0.2) is 102 Å². The molecule has 3 aromatic carbocycles. The van der Waals surface area contributed by atoms with Gasteiger partial charge in [-0.1, -0.05) is 31.0 Å². The second-order valence-electron chi connectivity index (χ2n) is 14.0. The first-order valence-corrected chi connectivity index (χ1v) is 18.9. The van der Waals surface area contributed by atoms with E-state index in [4.69, 9.17) is 9.40 Å². The van der Waals surface area contributed by atoms with E-state index in [0.29, 0.717) is 53.2 Å². The van der Waals surface area contributed by atoms with Gasteiger partial charge in [0, 0.05) is 49.2 Å². The monoisotopic (exact) mass is 782 g/mol. The number of nitro benzene ring substituents is 1. The molecule has 5 aromatic rings. The fourth-order valence-corrected chi connectivity index (χ4v) is 6.95. The number of fused-ring (bicyclic) bond motifs is 1. The van der Waals surface area contributed by atoms with Crippen LogP contribution in [0.25, 0.3) is 33.8 Å². The molecule has 15 nitrogen and oxygen atoms in total. The first-order valence-electron chi connectivity index (χ1n) is 18.9. The lowest BCUT2D eigenvalue weighted by atomic mass is 10.00. The smallest absolute Gasteiger partial charge is 0.269 e. The van der Waals surface area contributed by atoms with E-state index in [-0.39, 0.29) is 48.0 Å². The van der Waals surface area contributed by atoms with E-state index in [1.54, 1.807) is 54.8 Å². The molecular weight excluding hydrogens is 745 g/mol. The number of nitrogens with one attached hydrogen (secondary N) is 3. The largest absolute Gasteiger partial charge is 0.463 e. The third-order valence-electron chi connectivity index (χ3n) is 10.1. The summed E-state index contributed by atoms with van der Waals surface area (Å²) in [5, 5.41) is 19.1. The molecule has 1 unspecified atom stereocenters. The summed E-state index contributed by atoms with van der Waals surface area (Å²) in [4.78, 5) is 91.5. The minimum Gasteiger partial charge on any atom is -0.463 e. The van der Waals surface area contributed by atoms with Gasteiger partial charge in [0.15, 0.2) is 5.76 Å². The molecule has 1 fully saturated rings. The first kappa shape index (κ1) is 39.0. The molecule has 6 amide bonds. The van der Waals surface area contributed by atoms with Crippen LogP contribution >= 0.6 is 0 Å². The molecule has 3 N–H and O–H groups in total. The standard InChI is InChI=1S/C43H38N6O9/c50-38(45-25-26-8-17-32-33(22-26)43(55)48(42(32)54)36-18-19-39(51)47-41(36)53)7-3-1-2-4-20-44-40(52)29-11-9-27(10-12-29)30-23-34(28-13-15-31(16-14-28)49(56)57)46-35(24-30)37-6-5-21-58-37/h5-6,8-17,21-24,36H,1-4,7,18-20,25H2,(H,44,52)(H,45,50)(H,47,51,53). The van der Waals surface area contributed by atoms with Crippen LogP contribution in [0.1, 0.15) is 81.6 Å². The van der Waals surface area contributed by atoms with Crippen LogP contribution in [0.2, 0.25) is 0 Å². The second kappa shape index (κ2) is 17.2. The number of imide groups is 2. The summed E-state index contributed by atoms with van der Waals surface area (Å²) in [5.41, 5.74) is 5.03. The first-order chi connectivity index (χ1) is 28.0. The number of piperidine rings is 1. The van der Waals surface area contributed by atoms with Crippen LogP contribution in [-0.2, 0) is 20.9 Å². The summed E-state index contributed by atoms with van der Waals surface area (Å²) in [6.45, 7) is 0.638. The van der Waals surface area contributed by atoms with E-state index in [2.05, 4.69) is 16.0 Å². The van der Waals surface area contributed by atoms with Crippen LogP contribution in [0.3, 0.4) is 0 Å². The van der Waals surface area contributed by atoms with Gasteiger partial charge in [-0.05, 0) is 96.6 Å². The lowest BCUT2D eigenvalue weighted by molar-refractivity contribution is -0.384. The number of nitrogens with zero attached hydrogens (tertiary/aromatic N) is 3. The Morgan fingerprint density at radius 1 is 0.810 bits per heavy atom. The van der Waals surface area contributed by atoms with Crippen molar-refractivity contribution in [1.29, 1.82) is 0 Å². The van der Waals surface area contributed by atoms with Crippen molar-refractivity contribution >= 4 is 41.1 Å². The Labute approximate surface area is 332 Å². The van der Waals surface area contributed by atoms with Gasteiger partial charge in [-0.25, -0.2) is 4.98 Å². The molecule has 0 spiro atoms. The summed E-state index contributed by atoms with van der Waals surface area (Å²) in [7, 11) is 0. The molecule has 294 valence electrons. The number of unbranched alkanes of at least 4 members (excludes halogenated alkanes) is 3. The zero-order chi connectivity index (χ0) is 40.8. The van der Waals surface area contributed by atoms with Gasteiger partial charge < -0.3 is 15.1 Å². The molecular formula is C43H38N6O9. The Hall–Kier alpha value is -7.29. The summed E-state index contributed by atoms with van der Waals surface area (Å²) in [5.74, 6) is -2.09. The SMILES string of the molecule is O=C(CCCCCCNC(=O)c1ccc(-c2cc(-c3ccc([N+](=O)[O-])cc3)nc(-c3ccco3)c2)cc1)NCc1ccc2c(c1)C(=O)N(C1CCC(=O)NC1=O)C2=O. The summed E-state index contributed by atoms with van der Waals surface area (Å²) in [6.07, 6.45) is 4.97. The number of rotatable bonds is 15. The number of nitro groups is 1. The zero-order valence-corrected chi connectivity index (χ0v) is 31.2. The van der Waals surface area contributed by atoms with E-state index in [0.717, 1.165) is 35.3 Å². The molecule has 15 heteroatoms. The van der Waals surface area contributed by atoms with Gasteiger partial charge in [0.2, 0.25) is 17.7 Å². The van der Waals surface area contributed by atoms with Crippen molar-refractivity contribution < 1.29 is 38.1 Å². The highest BCUT2D eigenvalue weighted by atomic mass is 16.6. The van der Waals surface area contributed by atoms with Gasteiger partial charge in [-0.15, -0.1) is 0 Å². The number of benzene rings is 3. The molecule has 0 radical (unpaired) electrons. The summed E-state index contributed by atoms with van der Waals surface area (Å²) < 4.78 is 5.59. The number of pyridine rings is 1. The van der Waals surface area contributed by atoms with Crippen molar-refractivity contribution in [2.45, 2.75) is 57.5 Å². The molecule has 4 heterocycles.